The smallest absolute Gasteiger partial charge is 0.0964 e. The van der Waals surface area contributed by atoms with Crippen LogP contribution in [0.1, 0.15) is 62.7 Å². The van der Waals surface area contributed by atoms with Gasteiger partial charge in [0, 0.05) is 6.54 Å². The second kappa shape index (κ2) is 5.46. The molecule has 1 aliphatic rings. The maximum atomic E-state index is 10.5. The average Bonchev–Trinajstić information content (AvgIpc) is 2.79. The van der Waals surface area contributed by atoms with Crippen molar-refractivity contribution >= 4 is 0 Å². The van der Waals surface area contributed by atoms with Crippen molar-refractivity contribution in [3.8, 4) is 0 Å². The highest BCUT2D eigenvalue weighted by molar-refractivity contribution is 5.28. The van der Waals surface area contributed by atoms with E-state index in [0.717, 1.165) is 35.4 Å². The minimum Gasteiger partial charge on any atom is -0.387 e. The molecule has 0 saturated heterocycles. The lowest BCUT2D eigenvalue weighted by Crippen LogP contribution is -2.27. The molecule has 0 aliphatic heterocycles. The topological polar surface area (TPSA) is 58.3 Å². The van der Waals surface area contributed by atoms with Crippen molar-refractivity contribution < 1.29 is 10.2 Å². The number of aromatic nitrogens is 2. The van der Waals surface area contributed by atoms with Crippen LogP contribution in [0, 0.1) is 5.41 Å². The molecule has 23 heavy (non-hydrogen) atoms. The van der Waals surface area contributed by atoms with Crippen LogP contribution in [-0.4, -0.2) is 19.8 Å². The van der Waals surface area contributed by atoms with Crippen molar-refractivity contribution in [3.05, 3.63) is 53.1 Å². The Bertz CT molecular complexity index is 693. The van der Waals surface area contributed by atoms with Crippen molar-refractivity contribution in [2.45, 2.75) is 58.8 Å². The summed E-state index contributed by atoms with van der Waals surface area (Å²) < 4.78 is 2.05. The predicted molar refractivity (Wildman–Crippen MR) is 90.1 cm³/mol. The molecule has 3 rings (SSSR count). The minimum absolute atomic E-state index is 0.0972. The Balaban J connectivity index is 1.84. The van der Waals surface area contributed by atoms with Gasteiger partial charge in [0.15, 0.2) is 0 Å². The average molecular weight is 314 g/mol. The van der Waals surface area contributed by atoms with E-state index < -0.39 is 11.7 Å². The Morgan fingerprint density at radius 2 is 1.91 bits per heavy atom. The first-order valence-corrected chi connectivity index (χ1v) is 8.19. The van der Waals surface area contributed by atoms with Gasteiger partial charge in [-0.3, -0.25) is 0 Å². The van der Waals surface area contributed by atoms with E-state index in [9.17, 15) is 10.2 Å². The van der Waals surface area contributed by atoms with E-state index in [1.165, 1.54) is 0 Å². The van der Waals surface area contributed by atoms with E-state index in [1.807, 2.05) is 35.2 Å². The quantitative estimate of drug-likeness (QED) is 0.915. The van der Waals surface area contributed by atoms with E-state index >= 15 is 0 Å². The number of nitrogens with zero attached hydrogens (tertiary/aromatic N) is 2. The molecule has 0 fully saturated rings. The number of aliphatic hydroxyl groups is 2. The second-order valence-corrected chi connectivity index (χ2v) is 8.02. The lowest BCUT2D eigenvalue weighted by molar-refractivity contribution is 0.0786. The maximum Gasteiger partial charge on any atom is 0.0964 e. The van der Waals surface area contributed by atoms with Gasteiger partial charge in [-0.05, 0) is 43.2 Å². The van der Waals surface area contributed by atoms with E-state index in [-0.39, 0.29) is 5.41 Å². The molecule has 124 valence electrons. The van der Waals surface area contributed by atoms with Crippen LogP contribution in [0.3, 0.4) is 0 Å². The van der Waals surface area contributed by atoms with E-state index in [1.54, 1.807) is 13.8 Å². The van der Waals surface area contributed by atoms with Crippen molar-refractivity contribution in [2.24, 2.45) is 5.41 Å². The summed E-state index contributed by atoms with van der Waals surface area (Å²) in [5.74, 6) is 0. The number of benzene rings is 1. The van der Waals surface area contributed by atoms with Gasteiger partial charge in [-0.2, -0.15) is 0 Å². The molecule has 0 amide bonds. The second-order valence-electron chi connectivity index (χ2n) is 8.02. The van der Waals surface area contributed by atoms with Gasteiger partial charge in [-0.25, -0.2) is 4.98 Å². The number of hydrogen-bond donors (Lipinski definition) is 2. The first-order valence-electron chi connectivity index (χ1n) is 8.19. The van der Waals surface area contributed by atoms with Crippen molar-refractivity contribution in [1.29, 1.82) is 0 Å². The fourth-order valence-electron chi connectivity index (χ4n) is 3.44. The third-order valence-corrected chi connectivity index (χ3v) is 4.68. The van der Waals surface area contributed by atoms with Gasteiger partial charge in [0.05, 0.1) is 29.4 Å². The van der Waals surface area contributed by atoms with Crippen LogP contribution >= 0.6 is 0 Å². The SMILES string of the molecule is CC1(C)Cc2ncn(Cc3ccc(C(C)(C)O)cc3)c2C(O)C1. The summed E-state index contributed by atoms with van der Waals surface area (Å²) in [4.78, 5) is 4.52. The predicted octanol–water partition coefficient (Wildman–Crippen LogP) is 3.16. The lowest BCUT2D eigenvalue weighted by Gasteiger charge is -2.32. The molecule has 4 nitrogen and oxygen atoms in total. The highest BCUT2D eigenvalue weighted by Crippen LogP contribution is 2.40. The van der Waals surface area contributed by atoms with Crippen LogP contribution in [-0.2, 0) is 18.6 Å². The van der Waals surface area contributed by atoms with E-state index in [4.69, 9.17) is 0 Å². The third-order valence-electron chi connectivity index (χ3n) is 4.68. The van der Waals surface area contributed by atoms with Crippen molar-refractivity contribution in [1.82, 2.24) is 9.55 Å². The lowest BCUT2D eigenvalue weighted by atomic mass is 9.76. The number of fused-ring (bicyclic) bond motifs is 1. The van der Waals surface area contributed by atoms with Crippen LogP contribution in [0.5, 0.6) is 0 Å². The zero-order valence-electron chi connectivity index (χ0n) is 14.4. The molecule has 1 aliphatic carbocycles. The van der Waals surface area contributed by atoms with E-state index in [0.29, 0.717) is 6.54 Å². The molecular formula is C19H26N2O2. The molecule has 4 heteroatoms. The monoisotopic (exact) mass is 314 g/mol. The Hall–Kier alpha value is -1.65. The number of aliphatic hydroxyl groups excluding tert-OH is 1. The maximum absolute atomic E-state index is 10.5. The van der Waals surface area contributed by atoms with Crippen LogP contribution in [0.4, 0.5) is 0 Å². The van der Waals surface area contributed by atoms with E-state index in [2.05, 4.69) is 18.8 Å². The fraction of sp³-hybridized carbons (Fsp3) is 0.526. The molecule has 0 radical (unpaired) electrons. The molecule has 1 unspecified atom stereocenters. The molecule has 1 heterocycles. The van der Waals surface area contributed by atoms with Gasteiger partial charge >= 0.3 is 0 Å². The largest absolute Gasteiger partial charge is 0.387 e. The molecule has 0 spiro atoms. The molecule has 1 aromatic heterocycles. The van der Waals surface area contributed by atoms with Crippen molar-refractivity contribution in [2.75, 3.05) is 0 Å². The van der Waals surface area contributed by atoms with Gasteiger partial charge < -0.3 is 14.8 Å². The Kier molecular flexibility index (Phi) is 3.85. The zero-order valence-corrected chi connectivity index (χ0v) is 14.4. The molecule has 1 atom stereocenters. The van der Waals surface area contributed by atoms with Crippen molar-refractivity contribution in [3.63, 3.8) is 0 Å². The molecule has 0 bridgehead atoms. The van der Waals surface area contributed by atoms with Crippen LogP contribution < -0.4 is 0 Å². The summed E-state index contributed by atoms with van der Waals surface area (Å²) in [6.45, 7) is 8.60. The molecule has 0 saturated carbocycles. The highest BCUT2D eigenvalue weighted by Gasteiger charge is 2.34. The Morgan fingerprint density at radius 3 is 2.52 bits per heavy atom. The van der Waals surface area contributed by atoms with Gasteiger partial charge in [0.25, 0.3) is 0 Å². The normalized spacial score (nSPS) is 20.3. The number of rotatable bonds is 3. The van der Waals surface area contributed by atoms with Gasteiger partial charge in [-0.15, -0.1) is 0 Å². The molecule has 2 N–H and O–H groups in total. The van der Waals surface area contributed by atoms with Gasteiger partial charge in [-0.1, -0.05) is 38.1 Å². The zero-order chi connectivity index (χ0) is 16.8. The summed E-state index contributed by atoms with van der Waals surface area (Å²) in [6.07, 6.45) is 3.05. The summed E-state index contributed by atoms with van der Waals surface area (Å²) in [5, 5.41) is 20.5. The van der Waals surface area contributed by atoms with Crippen LogP contribution in [0.2, 0.25) is 0 Å². The molecule has 2 aromatic rings. The Labute approximate surface area is 137 Å². The first-order chi connectivity index (χ1) is 10.7. The minimum atomic E-state index is -0.825. The summed E-state index contributed by atoms with van der Waals surface area (Å²) in [7, 11) is 0. The summed E-state index contributed by atoms with van der Waals surface area (Å²) in [6, 6.07) is 7.97. The molecule has 1 aromatic carbocycles. The van der Waals surface area contributed by atoms with Gasteiger partial charge in [0.2, 0.25) is 0 Å². The highest BCUT2D eigenvalue weighted by atomic mass is 16.3. The number of imidazole rings is 1. The first kappa shape index (κ1) is 16.2. The standard InChI is InChI=1S/C19H26N2O2/c1-18(2)9-15-17(16(22)10-18)21(12-20-15)11-13-5-7-14(8-6-13)19(3,4)23/h5-8,12,16,22-23H,9-11H2,1-4H3. The fourth-order valence-corrected chi connectivity index (χ4v) is 3.44. The van der Waals surface area contributed by atoms with Crippen LogP contribution in [0.25, 0.3) is 0 Å². The Morgan fingerprint density at radius 1 is 1.26 bits per heavy atom. The van der Waals surface area contributed by atoms with Crippen LogP contribution in [0.15, 0.2) is 30.6 Å². The summed E-state index contributed by atoms with van der Waals surface area (Å²) >= 11 is 0. The number of hydrogen-bond acceptors (Lipinski definition) is 3. The third kappa shape index (κ3) is 3.33. The summed E-state index contributed by atoms with van der Waals surface area (Å²) in [5.41, 5.74) is 3.28. The molecular weight excluding hydrogens is 288 g/mol. The van der Waals surface area contributed by atoms with Gasteiger partial charge in [0.1, 0.15) is 0 Å².